The van der Waals surface area contributed by atoms with Crippen molar-refractivity contribution in [2.24, 2.45) is 5.10 Å². The molecule has 1 aliphatic rings. The van der Waals surface area contributed by atoms with Gasteiger partial charge in [0, 0.05) is 32.1 Å². The van der Waals surface area contributed by atoms with Gasteiger partial charge in [-0.1, -0.05) is 37.8 Å². The minimum absolute atomic E-state index is 0.271. The molecule has 0 atom stereocenters. The Labute approximate surface area is 178 Å². The molecule has 1 aromatic rings. The normalized spacial score (nSPS) is 17.7. The first-order valence-electron chi connectivity index (χ1n) is 9.51. The lowest BCUT2D eigenvalue weighted by molar-refractivity contribution is 0.0525. The molecule has 8 heteroatoms. The molecule has 1 aliphatic heterocycles. The van der Waals surface area contributed by atoms with Gasteiger partial charge in [0.25, 0.3) is 0 Å². The molecular weight excluding hydrogens is 406 g/mol. The second-order valence-corrected chi connectivity index (χ2v) is 13.8. The number of nitrogens with zero attached hydrogens (tertiary/aromatic N) is 3. The molecule has 6 nitrogen and oxygen atoms in total. The second-order valence-electron chi connectivity index (χ2n) is 7.73. The summed E-state index contributed by atoms with van der Waals surface area (Å²) in [7, 11) is -1.18. The minimum Gasteiger partial charge on any atom is -0.462 e. The predicted octanol–water partition coefficient (Wildman–Crippen LogP) is 4.89. The van der Waals surface area contributed by atoms with Gasteiger partial charge in [0.1, 0.15) is 6.73 Å². The number of carbonyl (C=O) groups excluding carboxylic acids is 1. The summed E-state index contributed by atoms with van der Waals surface area (Å²) >= 11 is 6.22. The average Bonchev–Trinajstić information content (AvgIpc) is 2.66. The third-order valence-corrected chi connectivity index (χ3v) is 6.14. The van der Waals surface area contributed by atoms with Crippen LogP contribution in [0.2, 0.25) is 25.7 Å². The molecule has 0 aromatic carbocycles. The Morgan fingerprint density at radius 2 is 2.07 bits per heavy atom. The molecule has 0 spiro atoms. The highest BCUT2D eigenvalue weighted by Crippen LogP contribution is 2.25. The standard InChI is InChI=1S/C21H28ClN3O3Si/c1-6-28-21(26)17-7-8-19(23-14-17)20-13-16(2)18(22)9-10-24-25(20)15-27-11-12-29(3,4)5/h7-10,13-14H,2,6,11-12,15H2,1,3-5H3/b18-9?,20-13-,24-10-. The van der Waals surface area contributed by atoms with Crippen molar-refractivity contribution >= 4 is 37.6 Å². The van der Waals surface area contributed by atoms with Crippen molar-refractivity contribution in [3.05, 3.63) is 58.9 Å². The van der Waals surface area contributed by atoms with Gasteiger partial charge in [0.05, 0.1) is 23.6 Å². The van der Waals surface area contributed by atoms with Crippen molar-refractivity contribution in [1.29, 1.82) is 0 Å². The van der Waals surface area contributed by atoms with Crippen molar-refractivity contribution in [1.82, 2.24) is 9.99 Å². The van der Waals surface area contributed by atoms with Crippen LogP contribution in [0.4, 0.5) is 0 Å². The molecule has 0 radical (unpaired) electrons. The van der Waals surface area contributed by atoms with E-state index in [1.165, 1.54) is 6.20 Å². The van der Waals surface area contributed by atoms with E-state index in [0.29, 0.717) is 40.8 Å². The van der Waals surface area contributed by atoms with E-state index in [1.54, 1.807) is 36.4 Å². The Balaban J connectivity index is 2.24. The van der Waals surface area contributed by atoms with E-state index < -0.39 is 14.0 Å². The summed E-state index contributed by atoms with van der Waals surface area (Å²) in [6.45, 7) is 13.9. The van der Waals surface area contributed by atoms with Crippen LogP contribution in [0.3, 0.4) is 0 Å². The molecule has 156 valence electrons. The molecule has 2 rings (SSSR count). The Kier molecular flexibility index (Phi) is 8.37. The maximum Gasteiger partial charge on any atom is 0.339 e. The van der Waals surface area contributed by atoms with Crippen LogP contribution >= 0.6 is 11.6 Å². The minimum atomic E-state index is -1.18. The number of pyridine rings is 1. The Morgan fingerprint density at radius 1 is 1.31 bits per heavy atom. The smallest absolute Gasteiger partial charge is 0.339 e. The van der Waals surface area contributed by atoms with Gasteiger partial charge in [-0.15, -0.1) is 0 Å². The van der Waals surface area contributed by atoms with Crippen molar-refractivity contribution < 1.29 is 14.3 Å². The predicted molar refractivity (Wildman–Crippen MR) is 121 cm³/mol. The molecule has 0 amide bonds. The molecule has 1 aromatic heterocycles. The maximum absolute atomic E-state index is 11.9. The summed E-state index contributed by atoms with van der Waals surface area (Å²) in [5, 5.41) is 6.64. The number of ether oxygens (including phenoxy) is 2. The first-order chi connectivity index (χ1) is 13.7. The summed E-state index contributed by atoms with van der Waals surface area (Å²) in [5.74, 6) is -0.404. The van der Waals surface area contributed by atoms with Gasteiger partial charge in [-0.25, -0.2) is 9.80 Å². The summed E-state index contributed by atoms with van der Waals surface area (Å²) in [5.41, 5.74) is 2.33. The third-order valence-electron chi connectivity index (χ3n) is 4.07. The van der Waals surface area contributed by atoms with Crippen molar-refractivity contribution in [2.45, 2.75) is 32.6 Å². The number of carbonyl (C=O) groups is 1. The number of allylic oxidation sites excluding steroid dienone is 4. The second kappa shape index (κ2) is 10.5. The van der Waals surface area contributed by atoms with Gasteiger partial charge in [-0.2, -0.15) is 5.10 Å². The van der Waals surface area contributed by atoms with Gasteiger partial charge < -0.3 is 9.47 Å². The van der Waals surface area contributed by atoms with Crippen LogP contribution in [0.15, 0.2) is 52.8 Å². The highest BCUT2D eigenvalue weighted by Gasteiger charge is 2.18. The van der Waals surface area contributed by atoms with Gasteiger partial charge in [0.2, 0.25) is 0 Å². The lowest BCUT2D eigenvalue weighted by atomic mass is 10.1. The maximum atomic E-state index is 11.9. The molecule has 0 unspecified atom stereocenters. The van der Waals surface area contributed by atoms with Gasteiger partial charge in [-0.3, -0.25) is 4.98 Å². The summed E-state index contributed by atoms with van der Waals surface area (Å²) in [6.07, 6.45) is 6.59. The van der Waals surface area contributed by atoms with Crippen LogP contribution in [0.5, 0.6) is 0 Å². The van der Waals surface area contributed by atoms with E-state index in [9.17, 15) is 4.79 Å². The fourth-order valence-electron chi connectivity index (χ4n) is 2.38. The monoisotopic (exact) mass is 433 g/mol. The fraction of sp³-hybridized carbons (Fsp3) is 0.381. The first kappa shape index (κ1) is 23.1. The zero-order chi connectivity index (χ0) is 21.4. The van der Waals surface area contributed by atoms with Gasteiger partial charge in [0.15, 0.2) is 0 Å². The van der Waals surface area contributed by atoms with Crippen LogP contribution in [0.1, 0.15) is 23.0 Å². The molecule has 2 heterocycles. The van der Waals surface area contributed by atoms with Gasteiger partial charge in [-0.05, 0) is 42.8 Å². The number of rotatable bonds is 8. The topological polar surface area (TPSA) is 64.0 Å². The van der Waals surface area contributed by atoms with E-state index in [2.05, 4.69) is 36.3 Å². The third kappa shape index (κ3) is 7.27. The molecule has 0 bridgehead atoms. The van der Waals surface area contributed by atoms with E-state index in [0.717, 1.165) is 6.04 Å². The van der Waals surface area contributed by atoms with Crippen LogP contribution in [0.25, 0.3) is 5.70 Å². The Bertz CT molecular complexity index is 827. The van der Waals surface area contributed by atoms with Gasteiger partial charge >= 0.3 is 5.97 Å². The lowest BCUT2D eigenvalue weighted by Crippen LogP contribution is -2.25. The molecule has 0 N–H and O–H groups in total. The average molecular weight is 434 g/mol. The van der Waals surface area contributed by atoms with Crippen LogP contribution in [-0.2, 0) is 9.47 Å². The summed E-state index contributed by atoms with van der Waals surface area (Å²) in [4.78, 5) is 16.3. The van der Waals surface area contributed by atoms with E-state index in [1.807, 2.05) is 6.08 Å². The van der Waals surface area contributed by atoms with E-state index in [4.69, 9.17) is 21.1 Å². The molecular formula is C21H28ClN3O3Si. The quantitative estimate of drug-likeness (QED) is 0.331. The summed E-state index contributed by atoms with van der Waals surface area (Å²) < 4.78 is 10.9. The molecule has 0 aliphatic carbocycles. The molecule has 0 saturated heterocycles. The number of aromatic nitrogens is 1. The largest absolute Gasteiger partial charge is 0.462 e. The molecule has 0 fully saturated rings. The number of hydrogen-bond acceptors (Lipinski definition) is 6. The number of hydrogen-bond donors (Lipinski definition) is 0. The number of halogens is 1. The van der Waals surface area contributed by atoms with E-state index in [-0.39, 0.29) is 6.73 Å². The summed E-state index contributed by atoms with van der Waals surface area (Å²) in [6, 6.07) is 4.48. The van der Waals surface area contributed by atoms with Crippen molar-refractivity contribution in [3.63, 3.8) is 0 Å². The van der Waals surface area contributed by atoms with Crippen LogP contribution < -0.4 is 0 Å². The SMILES string of the molecule is C=C1/C=C(/c2ccc(C(=O)OCC)cn2)N(COCC[Si](C)(C)C)/N=C\C=C1Cl. The fourth-order valence-corrected chi connectivity index (χ4v) is 3.24. The Hall–Kier alpha value is -2.22. The zero-order valence-corrected chi connectivity index (χ0v) is 19.2. The van der Waals surface area contributed by atoms with Crippen LogP contribution in [0, 0.1) is 0 Å². The lowest BCUT2D eigenvalue weighted by Gasteiger charge is -2.24. The zero-order valence-electron chi connectivity index (χ0n) is 17.4. The molecule has 0 saturated carbocycles. The molecule has 29 heavy (non-hydrogen) atoms. The number of hydrazone groups is 1. The highest BCUT2D eigenvalue weighted by atomic mass is 35.5. The van der Waals surface area contributed by atoms with Crippen LogP contribution in [-0.4, -0.2) is 50.2 Å². The Morgan fingerprint density at radius 3 is 2.69 bits per heavy atom. The van der Waals surface area contributed by atoms with Crippen molar-refractivity contribution in [2.75, 3.05) is 19.9 Å². The van der Waals surface area contributed by atoms with Crippen molar-refractivity contribution in [3.8, 4) is 0 Å². The number of esters is 1. The highest BCUT2D eigenvalue weighted by molar-refractivity contribution is 6.76. The van der Waals surface area contributed by atoms with E-state index >= 15 is 0 Å². The first-order valence-corrected chi connectivity index (χ1v) is 13.6.